The van der Waals surface area contributed by atoms with Gasteiger partial charge in [-0.1, -0.05) is 12.2 Å². The van der Waals surface area contributed by atoms with Crippen LogP contribution in [-0.4, -0.2) is 22.2 Å². The van der Waals surface area contributed by atoms with Gasteiger partial charge in [-0.25, -0.2) is 0 Å². The van der Waals surface area contributed by atoms with Gasteiger partial charge in [0.15, 0.2) is 5.41 Å². The third-order valence-corrected chi connectivity index (χ3v) is 2.50. The smallest absolute Gasteiger partial charge is 0.321 e. The molecule has 0 aromatic carbocycles. The van der Waals surface area contributed by atoms with E-state index in [9.17, 15) is 9.59 Å². The highest BCUT2D eigenvalue weighted by atomic mass is 16.4. The molecule has 0 unspecified atom stereocenters. The number of carboxylic acid groups (broad SMARTS) is 2. The number of hydrogen-bond acceptors (Lipinski definition) is 2. The maximum Gasteiger partial charge on any atom is 0.321 e. The van der Waals surface area contributed by atoms with Crippen LogP contribution in [0.4, 0.5) is 0 Å². The molecule has 1 fully saturated rings. The lowest BCUT2D eigenvalue weighted by molar-refractivity contribution is -0.166. The third kappa shape index (κ3) is 1.56. The Labute approximate surface area is 75.9 Å². The summed E-state index contributed by atoms with van der Waals surface area (Å²) in [5, 5.41) is 17.7. The molecule has 0 atom stereocenters. The van der Waals surface area contributed by atoms with E-state index in [1.165, 1.54) is 0 Å². The highest BCUT2D eigenvalue weighted by molar-refractivity contribution is 5.98. The molecule has 1 rings (SSSR count). The minimum Gasteiger partial charge on any atom is -0.480 e. The zero-order valence-electron chi connectivity index (χ0n) is 7.25. The summed E-state index contributed by atoms with van der Waals surface area (Å²) in [5.41, 5.74) is -0.897. The summed E-state index contributed by atoms with van der Waals surface area (Å²) in [6.07, 6.45) is 1.61. The van der Waals surface area contributed by atoms with Crippen LogP contribution in [0.15, 0.2) is 12.2 Å². The topological polar surface area (TPSA) is 74.6 Å². The Bertz CT molecular complexity index is 253. The second-order valence-electron chi connectivity index (χ2n) is 3.47. The van der Waals surface area contributed by atoms with Gasteiger partial charge in [-0.15, -0.1) is 0 Å². The van der Waals surface area contributed by atoms with Crippen molar-refractivity contribution in [2.24, 2.45) is 5.41 Å². The van der Waals surface area contributed by atoms with E-state index < -0.39 is 17.4 Å². The van der Waals surface area contributed by atoms with Crippen molar-refractivity contribution in [1.29, 1.82) is 0 Å². The first-order valence-corrected chi connectivity index (χ1v) is 4.12. The molecule has 4 heteroatoms. The molecule has 0 spiro atoms. The molecular weight excluding hydrogens is 172 g/mol. The Morgan fingerprint density at radius 1 is 1.31 bits per heavy atom. The van der Waals surface area contributed by atoms with Crippen molar-refractivity contribution >= 4 is 11.9 Å². The van der Waals surface area contributed by atoms with Gasteiger partial charge in [0.1, 0.15) is 0 Å². The first-order chi connectivity index (χ1) is 5.99. The van der Waals surface area contributed by atoms with Crippen molar-refractivity contribution in [3.8, 4) is 0 Å². The minimum atomic E-state index is -1.62. The van der Waals surface area contributed by atoms with Crippen molar-refractivity contribution in [3.63, 3.8) is 0 Å². The fraction of sp³-hybridized carbons (Fsp3) is 0.556. The molecule has 0 aromatic rings. The lowest BCUT2D eigenvalue weighted by Crippen LogP contribution is -2.41. The second-order valence-corrected chi connectivity index (χ2v) is 3.47. The van der Waals surface area contributed by atoms with Gasteiger partial charge in [-0.05, 0) is 25.7 Å². The fourth-order valence-corrected chi connectivity index (χ4v) is 1.70. The Balaban J connectivity index is 2.96. The lowest BCUT2D eigenvalue weighted by Gasteiger charge is -2.29. The summed E-state index contributed by atoms with van der Waals surface area (Å²) in [5.74, 6) is -2.50. The van der Waals surface area contributed by atoms with Gasteiger partial charge in [0, 0.05) is 0 Å². The standard InChI is InChI=1S/C9H12O4/c1-6-3-2-4-9(5-6,7(10)11)8(12)13/h1-5H2,(H,10,11)(H,12,13). The maximum atomic E-state index is 10.8. The summed E-state index contributed by atoms with van der Waals surface area (Å²) in [6.45, 7) is 3.65. The van der Waals surface area contributed by atoms with Crippen LogP contribution in [-0.2, 0) is 9.59 Å². The molecule has 0 saturated heterocycles. The van der Waals surface area contributed by atoms with Crippen LogP contribution in [0.5, 0.6) is 0 Å². The largest absolute Gasteiger partial charge is 0.480 e. The molecule has 0 bridgehead atoms. The van der Waals surface area contributed by atoms with E-state index in [1.54, 1.807) is 0 Å². The average molecular weight is 184 g/mol. The van der Waals surface area contributed by atoms with E-state index in [1.807, 2.05) is 0 Å². The van der Waals surface area contributed by atoms with E-state index in [-0.39, 0.29) is 12.8 Å². The second kappa shape index (κ2) is 3.20. The quantitative estimate of drug-likeness (QED) is 0.500. The molecule has 0 heterocycles. The summed E-state index contributed by atoms with van der Waals surface area (Å²) >= 11 is 0. The summed E-state index contributed by atoms with van der Waals surface area (Å²) < 4.78 is 0. The molecule has 0 amide bonds. The molecule has 13 heavy (non-hydrogen) atoms. The van der Waals surface area contributed by atoms with Crippen LogP contribution in [0.3, 0.4) is 0 Å². The number of carboxylic acids is 2. The minimum absolute atomic E-state index is 0.0671. The van der Waals surface area contributed by atoms with Gasteiger partial charge in [0.2, 0.25) is 0 Å². The van der Waals surface area contributed by atoms with Crippen LogP contribution in [0.25, 0.3) is 0 Å². The van der Waals surface area contributed by atoms with Crippen LogP contribution in [0.2, 0.25) is 0 Å². The third-order valence-electron chi connectivity index (χ3n) is 2.50. The Morgan fingerprint density at radius 2 is 1.85 bits per heavy atom. The average Bonchev–Trinajstić information content (AvgIpc) is 2.03. The Hall–Kier alpha value is -1.32. The normalized spacial score (nSPS) is 21.1. The predicted octanol–water partition coefficient (Wildman–Crippen LogP) is 1.27. The lowest BCUT2D eigenvalue weighted by atomic mass is 9.72. The number of carbonyl (C=O) groups is 2. The summed E-state index contributed by atoms with van der Waals surface area (Å²) in [7, 11) is 0. The monoisotopic (exact) mass is 184 g/mol. The highest BCUT2D eigenvalue weighted by Gasteiger charge is 2.47. The van der Waals surface area contributed by atoms with Crippen LogP contribution in [0, 0.1) is 5.41 Å². The van der Waals surface area contributed by atoms with Crippen molar-refractivity contribution < 1.29 is 19.8 Å². The molecule has 0 radical (unpaired) electrons. The number of allylic oxidation sites excluding steroid dienone is 1. The molecule has 0 aromatic heterocycles. The van der Waals surface area contributed by atoms with E-state index >= 15 is 0 Å². The molecule has 4 nitrogen and oxygen atoms in total. The van der Waals surface area contributed by atoms with E-state index in [2.05, 4.69) is 6.58 Å². The summed E-state index contributed by atoms with van der Waals surface area (Å²) in [4.78, 5) is 21.7. The Morgan fingerprint density at radius 3 is 2.15 bits per heavy atom. The van der Waals surface area contributed by atoms with Crippen LogP contribution >= 0.6 is 0 Å². The van der Waals surface area contributed by atoms with Crippen molar-refractivity contribution in [2.75, 3.05) is 0 Å². The zero-order chi connectivity index (χ0) is 10.1. The van der Waals surface area contributed by atoms with Gasteiger partial charge >= 0.3 is 11.9 Å². The maximum absolute atomic E-state index is 10.8. The summed E-state index contributed by atoms with van der Waals surface area (Å²) in [6, 6.07) is 0. The van der Waals surface area contributed by atoms with Gasteiger partial charge in [-0.3, -0.25) is 9.59 Å². The molecule has 72 valence electrons. The molecule has 1 aliphatic carbocycles. The first-order valence-electron chi connectivity index (χ1n) is 4.12. The molecule has 1 aliphatic rings. The molecular formula is C9H12O4. The van der Waals surface area contributed by atoms with Crippen molar-refractivity contribution in [1.82, 2.24) is 0 Å². The highest BCUT2D eigenvalue weighted by Crippen LogP contribution is 2.38. The predicted molar refractivity (Wildman–Crippen MR) is 45.3 cm³/mol. The van der Waals surface area contributed by atoms with E-state index in [4.69, 9.17) is 10.2 Å². The first kappa shape index (κ1) is 9.77. The molecule has 1 saturated carbocycles. The van der Waals surface area contributed by atoms with Gasteiger partial charge in [0.05, 0.1) is 0 Å². The van der Waals surface area contributed by atoms with E-state index in [0.717, 1.165) is 12.0 Å². The van der Waals surface area contributed by atoms with Crippen LogP contribution < -0.4 is 0 Å². The van der Waals surface area contributed by atoms with Crippen molar-refractivity contribution in [3.05, 3.63) is 12.2 Å². The molecule has 2 N–H and O–H groups in total. The van der Waals surface area contributed by atoms with Crippen molar-refractivity contribution in [2.45, 2.75) is 25.7 Å². The number of rotatable bonds is 2. The Kier molecular flexibility index (Phi) is 2.40. The molecule has 0 aliphatic heterocycles. The SMILES string of the molecule is C=C1CCCC(C(=O)O)(C(=O)O)C1. The van der Waals surface area contributed by atoms with Gasteiger partial charge in [-0.2, -0.15) is 0 Å². The fourth-order valence-electron chi connectivity index (χ4n) is 1.70. The number of hydrogen-bond donors (Lipinski definition) is 2. The van der Waals surface area contributed by atoms with Gasteiger partial charge < -0.3 is 10.2 Å². The van der Waals surface area contributed by atoms with Crippen LogP contribution in [0.1, 0.15) is 25.7 Å². The zero-order valence-corrected chi connectivity index (χ0v) is 7.25. The number of aliphatic carboxylic acids is 2. The van der Waals surface area contributed by atoms with E-state index in [0.29, 0.717) is 6.42 Å². The van der Waals surface area contributed by atoms with Gasteiger partial charge in [0.25, 0.3) is 0 Å².